The molecule has 0 aliphatic rings. The minimum absolute atomic E-state index is 0.0243. The molecule has 1 atom stereocenters. The highest BCUT2D eigenvalue weighted by molar-refractivity contribution is 6.36. The minimum Gasteiger partial charge on any atom is -0.387 e. The molecule has 0 bridgehead atoms. The lowest BCUT2D eigenvalue weighted by atomic mass is 10.1. The van der Waals surface area contributed by atoms with Gasteiger partial charge in [-0.3, -0.25) is 14.9 Å². The Kier molecular flexibility index (Phi) is 5.71. The second-order valence-corrected chi connectivity index (χ2v) is 5.64. The molecule has 0 spiro atoms. The van der Waals surface area contributed by atoms with Gasteiger partial charge in [-0.1, -0.05) is 23.2 Å². The molecule has 2 aromatic carbocycles. The number of benzene rings is 2. The number of rotatable bonds is 5. The Balaban J connectivity index is 2.03. The zero-order valence-corrected chi connectivity index (χ0v) is 13.5. The van der Waals surface area contributed by atoms with Gasteiger partial charge in [0.25, 0.3) is 11.6 Å². The number of hydrogen-bond donors (Lipinski definition) is 2. The molecule has 2 aromatic rings. The molecule has 9 heteroatoms. The number of nitro benzene ring substituents is 1. The van der Waals surface area contributed by atoms with E-state index in [1.54, 1.807) is 0 Å². The van der Waals surface area contributed by atoms with Gasteiger partial charge in [0, 0.05) is 18.7 Å². The van der Waals surface area contributed by atoms with Crippen molar-refractivity contribution in [1.82, 2.24) is 5.32 Å². The highest BCUT2D eigenvalue weighted by Crippen LogP contribution is 2.24. The van der Waals surface area contributed by atoms with Crippen LogP contribution in [0.5, 0.6) is 0 Å². The van der Waals surface area contributed by atoms with Crippen molar-refractivity contribution in [1.29, 1.82) is 0 Å². The molecule has 2 rings (SSSR count). The quantitative estimate of drug-likeness (QED) is 0.477. The lowest BCUT2D eigenvalue weighted by Gasteiger charge is -2.13. The Morgan fingerprint density at radius 2 is 1.88 bits per heavy atom. The van der Waals surface area contributed by atoms with Crippen LogP contribution in [0, 0.1) is 15.9 Å². The first kappa shape index (κ1) is 18.1. The van der Waals surface area contributed by atoms with Gasteiger partial charge in [0.15, 0.2) is 0 Å². The number of aliphatic hydroxyl groups is 1. The van der Waals surface area contributed by atoms with Crippen LogP contribution < -0.4 is 5.32 Å². The molecule has 1 amide bonds. The molecule has 2 N–H and O–H groups in total. The fourth-order valence-electron chi connectivity index (χ4n) is 1.92. The second kappa shape index (κ2) is 7.57. The predicted molar refractivity (Wildman–Crippen MR) is 86.8 cm³/mol. The van der Waals surface area contributed by atoms with Crippen molar-refractivity contribution in [3.8, 4) is 0 Å². The Morgan fingerprint density at radius 3 is 2.46 bits per heavy atom. The third kappa shape index (κ3) is 4.19. The lowest BCUT2D eigenvalue weighted by Crippen LogP contribution is -2.28. The summed E-state index contributed by atoms with van der Waals surface area (Å²) in [5.41, 5.74) is 0.155. The van der Waals surface area contributed by atoms with Gasteiger partial charge >= 0.3 is 0 Å². The van der Waals surface area contributed by atoms with E-state index in [1.165, 1.54) is 24.3 Å². The molecule has 0 saturated heterocycles. The largest absolute Gasteiger partial charge is 0.387 e. The average Bonchev–Trinajstić information content (AvgIpc) is 2.55. The first-order valence-electron chi connectivity index (χ1n) is 6.64. The topological polar surface area (TPSA) is 92.5 Å². The first-order chi connectivity index (χ1) is 11.3. The van der Waals surface area contributed by atoms with Gasteiger partial charge in [-0.2, -0.15) is 0 Å². The summed E-state index contributed by atoms with van der Waals surface area (Å²) < 4.78 is 13.4. The second-order valence-electron chi connectivity index (χ2n) is 4.82. The van der Waals surface area contributed by atoms with Crippen LogP contribution >= 0.6 is 23.2 Å². The maximum Gasteiger partial charge on any atom is 0.269 e. The molecule has 0 saturated carbocycles. The summed E-state index contributed by atoms with van der Waals surface area (Å²) in [6.45, 7) is -0.183. The van der Waals surface area contributed by atoms with Gasteiger partial charge < -0.3 is 10.4 Å². The third-order valence-electron chi connectivity index (χ3n) is 3.20. The number of amides is 1. The van der Waals surface area contributed by atoms with E-state index in [-0.39, 0.29) is 27.8 Å². The third-order valence-corrected chi connectivity index (χ3v) is 3.80. The van der Waals surface area contributed by atoms with Crippen LogP contribution in [0.4, 0.5) is 10.1 Å². The standard InChI is InChI=1S/C15H11Cl2FN2O4/c16-11-6-12(17)13(18)5-10(11)15(22)19-7-14(21)8-1-3-9(4-2-8)20(23)24/h1-6,14,21H,7H2,(H,19,22)/t14-/m0/s1. The molecule has 126 valence electrons. The maximum atomic E-state index is 13.4. The normalized spacial score (nSPS) is 11.8. The zero-order valence-electron chi connectivity index (χ0n) is 12.0. The van der Waals surface area contributed by atoms with Gasteiger partial charge in [-0.05, 0) is 29.8 Å². The molecule has 0 aliphatic heterocycles. The smallest absolute Gasteiger partial charge is 0.269 e. The fourth-order valence-corrected chi connectivity index (χ4v) is 2.39. The monoisotopic (exact) mass is 372 g/mol. The van der Waals surface area contributed by atoms with Crippen molar-refractivity contribution in [2.75, 3.05) is 6.54 Å². The van der Waals surface area contributed by atoms with E-state index in [9.17, 15) is 24.4 Å². The van der Waals surface area contributed by atoms with Crippen LogP contribution in [0.15, 0.2) is 36.4 Å². The summed E-state index contributed by atoms with van der Waals surface area (Å²) in [4.78, 5) is 22.0. The van der Waals surface area contributed by atoms with Crippen molar-refractivity contribution in [3.63, 3.8) is 0 Å². The van der Waals surface area contributed by atoms with Crippen molar-refractivity contribution in [2.45, 2.75) is 6.10 Å². The van der Waals surface area contributed by atoms with Gasteiger partial charge in [0.1, 0.15) is 5.82 Å². The van der Waals surface area contributed by atoms with Crippen molar-refractivity contribution in [2.24, 2.45) is 0 Å². The molecule has 0 unspecified atom stereocenters. The van der Waals surface area contributed by atoms with E-state index >= 15 is 0 Å². The fraction of sp³-hybridized carbons (Fsp3) is 0.133. The molecule has 0 heterocycles. The van der Waals surface area contributed by atoms with Gasteiger partial charge in [-0.25, -0.2) is 4.39 Å². The van der Waals surface area contributed by atoms with Gasteiger partial charge in [0.05, 0.1) is 26.6 Å². The number of non-ortho nitro benzene ring substituents is 1. The first-order valence-corrected chi connectivity index (χ1v) is 7.40. The number of carbonyl (C=O) groups excluding carboxylic acids is 1. The summed E-state index contributed by atoms with van der Waals surface area (Å²) >= 11 is 11.4. The van der Waals surface area contributed by atoms with Crippen molar-refractivity contribution in [3.05, 3.63) is 73.5 Å². The minimum atomic E-state index is -1.09. The zero-order chi connectivity index (χ0) is 17.9. The van der Waals surface area contributed by atoms with E-state index < -0.39 is 22.8 Å². The molecule has 0 radical (unpaired) electrons. The number of carbonyl (C=O) groups is 1. The molecular weight excluding hydrogens is 362 g/mol. The molecule has 24 heavy (non-hydrogen) atoms. The number of nitrogens with one attached hydrogen (secondary N) is 1. The number of nitrogens with zero attached hydrogens (tertiary/aromatic N) is 1. The van der Waals surface area contributed by atoms with Gasteiger partial charge in [-0.15, -0.1) is 0 Å². The summed E-state index contributed by atoms with van der Waals surface area (Å²) in [5, 5.41) is 22.7. The SMILES string of the molecule is O=C(NC[C@H](O)c1ccc([N+](=O)[O-])cc1)c1cc(F)c(Cl)cc1Cl. The molecular formula is C15H11Cl2FN2O4. The van der Waals surface area contributed by atoms with Crippen molar-refractivity contribution >= 4 is 34.8 Å². The Morgan fingerprint density at radius 1 is 1.25 bits per heavy atom. The van der Waals surface area contributed by atoms with Crippen molar-refractivity contribution < 1.29 is 19.2 Å². The molecule has 0 aliphatic carbocycles. The molecule has 0 fully saturated rings. The average molecular weight is 373 g/mol. The van der Waals surface area contributed by atoms with Gasteiger partial charge in [0.2, 0.25) is 0 Å². The Bertz CT molecular complexity index is 784. The Labute approximate surface area is 146 Å². The summed E-state index contributed by atoms with van der Waals surface area (Å²) in [5.74, 6) is -1.47. The Hall–Kier alpha value is -2.22. The maximum absolute atomic E-state index is 13.4. The van der Waals surface area contributed by atoms with E-state index in [2.05, 4.69) is 5.32 Å². The van der Waals surface area contributed by atoms with Crippen LogP contribution in [-0.2, 0) is 0 Å². The molecule has 0 aromatic heterocycles. The van der Waals surface area contributed by atoms with Crippen LogP contribution in [0.3, 0.4) is 0 Å². The summed E-state index contributed by atoms with van der Waals surface area (Å²) in [6, 6.07) is 7.25. The van der Waals surface area contributed by atoms with Crippen LogP contribution in [0.25, 0.3) is 0 Å². The number of hydrogen-bond acceptors (Lipinski definition) is 4. The van der Waals surface area contributed by atoms with E-state index in [0.29, 0.717) is 5.56 Å². The lowest BCUT2D eigenvalue weighted by molar-refractivity contribution is -0.384. The molecule has 6 nitrogen and oxygen atoms in total. The summed E-state index contributed by atoms with van der Waals surface area (Å²) in [6.07, 6.45) is -1.09. The van der Waals surface area contributed by atoms with Crippen LogP contribution in [0.1, 0.15) is 22.0 Å². The number of halogens is 3. The van der Waals surface area contributed by atoms with E-state index in [1.807, 2.05) is 0 Å². The van der Waals surface area contributed by atoms with Crippen LogP contribution in [0.2, 0.25) is 10.0 Å². The summed E-state index contributed by atoms with van der Waals surface area (Å²) in [7, 11) is 0. The van der Waals surface area contributed by atoms with E-state index in [0.717, 1.165) is 12.1 Å². The van der Waals surface area contributed by atoms with Crippen LogP contribution in [-0.4, -0.2) is 22.5 Å². The highest BCUT2D eigenvalue weighted by Gasteiger charge is 2.16. The van der Waals surface area contributed by atoms with E-state index in [4.69, 9.17) is 23.2 Å². The number of nitro groups is 1. The highest BCUT2D eigenvalue weighted by atomic mass is 35.5. The predicted octanol–water partition coefficient (Wildman–Crippen LogP) is 3.50. The number of aliphatic hydroxyl groups excluding tert-OH is 1.